The van der Waals surface area contributed by atoms with Crippen molar-refractivity contribution in [3.05, 3.63) is 47.1 Å². The van der Waals surface area contributed by atoms with Gasteiger partial charge in [0.25, 0.3) is 0 Å². The van der Waals surface area contributed by atoms with Crippen LogP contribution in [0.15, 0.2) is 47.1 Å². The number of rotatable bonds is 11. The lowest BCUT2D eigenvalue weighted by atomic mass is 9.98. The Bertz CT molecular complexity index is 440. The van der Waals surface area contributed by atoms with E-state index in [-0.39, 0.29) is 6.61 Å². The lowest BCUT2D eigenvalue weighted by Crippen LogP contribution is -2.09. The molecular weight excluding hydrogens is 288 g/mol. The summed E-state index contributed by atoms with van der Waals surface area (Å²) < 4.78 is 0. The number of aliphatic hydroxyl groups excluding tert-OH is 3. The second-order valence-electron chi connectivity index (χ2n) is 6.55. The average Bonchev–Trinajstić information content (AvgIpc) is 2.43. The van der Waals surface area contributed by atoms with E-state index in [4.69, 9.17) is 5.11 Å². The highest BCUT2D eigenvalue weighted by Gasteiger charge is 2.08. The zero-order valence-corrected chi connectivity index (χ0v) is 15.2. The molecule has 0 rings (SSSR count). The second kappa shape index (κ2) is 12.3. The topological polar surface area (TPSA) is 60.7 Å². The van der Waals surface area contributed by atoms with E-state index in [2.05, 4.69) is 12.7 Å². The summed E-state index contributed by atoms with van der Waals surface area (Å²) in [6.07, 6.45) is 8.44. The summed E-state index contributed by atoms with van der Waals surface area (Å²) in [5.74, 6) is 0. The molecule has 0 spiro atoms. The first-order valence-electron chi connectivity index (χ1n) is 8.37. The predicted octanol–water partition coefficient (Wildman–Crippen LogP) is 4.07. The van der Waals surface area contributed by atoms with Gasteiger partial charge in [-0.05, 0) is 65.4 Å². The van der Waals surface area contributed by atoms with Crippen LogP contribution in [0.3, 0.4) is 0 Å². The van der Waals surface area contributed by atoms with Gasteiger partial charge in [0.1, 0.15) is 0 Å². The first kappa shape index (κ1) is 21.8. The molecule has 3 nitrogen and oxygen atoms in total. The SMILES string of the molecule is C=C(CC/C=C(\C)C[C@@H](O)C=C(C)C)[C@H](O)CC/C(C)=C/CO. The zero-order valence-electron chi connectivity index (χ0n) is 15.2. The fourth-order valence-corrected chi connectivity index (χ4v) is 2.35. The molecule has 0 aliphatic rings. The van der Waals surface area contributed by atoms with Gasteiger partial charge in [0.2, 0.25) is 0 Å². The lowest BCUT2D eigenvalue weighted by molar-refractivity contribution is 0.197. The van der Waals surface area contributed by atoms with Crippen LogP contribution in [0.2, 0.25) is 0 Å². The van der Waals surface area contributed by atoms with E-state index in [1.807, 2.05) is 33.8 Å². The van der Waals surface area contributed by atoms with Crippen LogP contribution in [0.5, 0.6) is 0 Å². The molecule has 0 heterocycles. The van der Waals surface area contributed by atoms with Crippen molar-refractivity contribution in [2.75, 3.05) is 6.61 Å². The van der Waals surface area contributed by atoms with Crippen molar-refractivity contribution in [2.45, 2.75) is 72.0 Å². The Kier molecular flexibility index (Phi) is 11.7. The van der Waals surface area contributed by atoms with Crippen molar-refractivity contribution in [3.63, 3.8) is 0 Å². The molecule has 23 heavy (non-hydrogen) atoms. The minimum Gasteiger partial charge on any atom is -0.392 e. The molecule has 2 atom stereocenters. The maximum Gasteiger partial charge on any atom is 0.0760 e. The van der Waals surface area contributed by atoms with Gasteiger partial charge < -0.3 is 15.3 Å². The van der Waals surface area contributed by atoms with Crippen LogP contribution in [0.25, 0.3) is 0 Å². The van der Waals surface area contributed by atoms with Crippen molar-refractivity contribution >= 4 is 0 Å². The van der Waals surface area contributed by atoms with Gasteiger partial charge in [-0.15, -0.1) is 0 Å². The van der Waals surface area contributed by atoms with Crippen LogP contribution in [0.1, 0.15) is 59.8 Å². The molecule has 0 aromatic rings. The summed E-state index contributed by atoms with van der Waals surface area (Å²) in [6, 6.07) is 0. The number of allylic oxidation sites excluding steroid dienone is 3. The molecule has 3 N–H and O–H groups in total. The smallest absolute Gasteiger partial charge is 0.0760 e. The highest BCUT2D eigenvalue weighted by molar-refractivity contribution is 5.09. The summed E-state index contributed by atoms with van der Waals surface area (Å²) in [7, 11) is 0. The predicted molar refractivity (Wildman–Crippen MR) is 98.3 cm³/mol. The minimum absolute atomic E-state index is 0.0472. The van der Waals surface area contributed by atoms with E-state index >= 15 is 0 Å². The third-order valence-electron chi connectivity index (χ3n) is 3.74. The fourth-order valence-electron chi connectivity index (χ4n) is 2.35. The van der Waals surface area contributed by atoms with Crippen LogP contribution < -0.4 is 0 Å². The van der Waals surface area contributed by atoms with Crippen LogP contribution in [-0.2, 0) is 0 Å². The molecule has 0 aromatic heterocycles. The molecule has 0 aromatic carbocycles. The normalized spacial score (nSPS) is 15.3. The second-order valence-corrected chi connectivity index (χ2v) is 6.55. The quantitative estimate of drug-likeness (QED) is 0.503. The Balaban J connectivity index is 4.15. The van der Waals surface area contributed by atoms with Crippen molar-refractivity contribution in [1.29, 1.82) is 0 Å². The van der Waals surface area contributed by atoms with Gasteiger partial charge in [-0.3, -0.25) is 0 Å². The lowest BCUT2D eigenvalue weighted by Gasteiger charge is -2.13. The van der Waals surface area contributed by atoms with Gasteiger partial charge in [-0.2, -0.15) is 0 Å². The number of aliphatic hydroxyl groups is 3. The number of hydrogen-bond donors (Lipinski definition) is 3. The third-order valence-corrected chi connectivity index (χ3v) is 3.74. The molecule has 0 bridgehead atoms. The van der Waals surface area contributed by atoms with E-state index < -0.39 is 12.2 Å². The first-order chi connectivity index (χ1) is 10.8. The molecule has 0 amide bonds. The average molecular weight is 322 g/mol. The van der Waals surface area contributed by atoms with Crippen molar-refractivity contribution < 1.29 is 15.3 Å². The van der Waals surface area contributed by atoms with Crippen molar-refractivity contribution in [3.8, 4) is 0 Å². The Morgan fingerprint density at radius 3 is 2.22 bits per heavy atom. The van der Waals surface area contributed by atoms with Crippen LogP contribution in [0.4, 0.5) is 0 Å². The zero-order chi connectivity index (χ0) is 17.8. The molecule has 0 saturated heterocycles. The summed E-state index contributed by atoms with van der Waals surface area (Å²) in [6.45, 7) is 11.9. The first-order valence-corrected chi connectivity index (χ1v) is 8.37. The Labute approximate surface area is 141 Å². The monoisotopic (exact) mass is 322 g/mol. The van der Waals surface area contributed by atoms with Crippen LogP contribution in [0, 0.1) is 0 Å². The van der Waals surface area contributed by atoms with E-state index in [9.17, 15) is 10.2 Å². The minimum atomic E-state index is -0.498. The molecular formula is C20H34O3. The Morgan fingerprint density at radius 1 is 1.00 bits per heavy atom. The molecule has 132 valence electrons. The van der Waals surface area contributed by atoms with Crippen LogP contribution >= 0.6 is 0 Å². The van der Waals surface area contributed by atoms with Crippen molar-refractivity contribution in [1.82, 2.24) is 0 Å². The Hall–Kier alpha value is -1.16. The molecule has 0 aliphatic carbocycles. The third kappa shape index (κ3) is 12.0. The highest BCUT2D eigenvalue weighted by Crippen LogP contribution is 2.17. The molecule has 0 radical (unpaired) electrons. The van der Waals surface area contributed by atoms with E-state index in [1.165, 1.54) is 0 Å². The molecule has 0 fully saturated rings. The summed E-state index contributed by atoms with van der Waals surface area (Å²) >= 11 is 0. The fraction of sp³-hybridized carbons (Fsp3) is 0.600. The molecule has 0 saturated carbocycles. The van der Waals surface area contributed by atoms with Gasteiger partial charge in [0.05, 0.1) is 18.8 Å². The van der Waals surface area contributed by atoms with E-state index in [0.29, 0.717) is 12.8 Å². The standard InChI is InChI=1S/C20H34O3/c1-15(2)13-19(22)14-17(4)7-6-8-18(5)20(23)10-9-16(3)11-12-21/h7,11,13,19-23H,5-6,8-10,12,14H2,1-4H3/b16-11+,17-7+/t19-,20+/m0/s1. The summed E-state index contributed by atoms with van der Waals surface area (Å²) in [4.78, 5) is 0. The van der Waals surface area contributed by atoms with Gasteiger partial charge in [0, 0.05) is 0 Å². The molecule has 0 unspecified atom stereocenters. The van der Waals surface area contributed by atoms with Gasteiger partial charge in [-0.1, -0.05) is 41.5 Å². The molecule has 0 aliphatic heterocycles. The van der Waals surface area contributed by atoms with Gasteiger partial charge in [0.15, 0.2) is 0 Å². The summed E-state index contributed by atoms with van der Waals surface area (Å²) in [5.41, 5.74) is 4.20. The maximum atomic E-state index is 10.1. The van der Waals surface area contributed by atoms with Crippen LogP contribution in [-0.4, -0.2) is 34.1 Å². The van der Waals surface area contributed by atoms with E-state index in [1.54, 1.807) is 6.08 Å². The van der Waals surface area contributed by atoms with Gasteiger partial charge >= 0.3 is 0 Å². The molecule has 3 heteroatoms. The van der Waals surface area contributed by atoms with Gasteiger partial charge in [-0.25, -0.2) is 0 Å². The largest absolute Gasteiger partial charge is 0.392 e. The number of hydrogen-bond acceptors (Lipinski definition) is 3. The van der Waals surface area contributed by atoms with E-state index in [0.717, 1.165) is 41.6 Å². The maximum absolute atomic E-state index is 10.1. The summed E-state index contributed by atoms with van der Waals surface area (Å²) in [5, 5.41) is 28.7. The van der Waals surface area contributed by atoms with Crippen molar-refractivity contribution in [2.24, 2.45) is 0 Å². The Morgan fingerprint density at radius 2 is 1.65 bits per heavy atom. The highest BCUT2D eigenvalue weighted by atomic mass is 16.3.